The molecule has 1 aromatic rings. The Kier molecular flexibility index (Phi) is 4.68. The van der Waals surface area contributed by atoms with E-state index in [1.165, 1.54) is 0 Å². The van der Waals surface area contributed by atoms with E-state index < -0.39 is 0 Å². The first kappa shape index (κ1) is 16.0. The van der Waals surface area contributed by atoms with Crippen molar-refractivity contribution in [3.05, 3.63) is 11.4 Å². The predicted octanol–water partition coefficient (Wildman–Crippen LogP) is 1.37. The highest BCUT2D eigenvalue weighted by molar-refractivity contribution is 5.59. The average Bonchev–Trinajstić information content (AvgIpc) is 2.45. The number of morpholine rings is 1. The van der Waals surface area contributed by atoms with Crippen LogP contribution < -0.4 is 10.2 Å². The van der Waals surface area contributed by atoms with Crippen molar-refractivity contribution in [3.63, 3.8) is 0 Å². The predicted molar refractivity (Wildman–Crippen MR) is 83.9 cm³/mol. The molecule has 0 amide bonds. The normalized spacial score (nSPS) is 21.4. The Bertz CT molecular complexity index is 505. The van der Waals surface area contributed by atoms with Gasteiger partial charge in [0.1, 0.15) is 17.5 Å². The smallest absolute Gasteiger partial charge is 0.137 e. The Hall–Kier alpha value is -1.40. The van der Waals surface area contributed by atoms with Crippen LogP contribution in [0.5, 0.6) is 0 Å². The second-order valence-corrected chi connectivity index (χ2v) is 6.10. The maximum atomic E-state index is 9.46. The molecule has 1 aliphatic rings. The fourth-order valence-electron chi connectivity index (χ4n) is 2.81. The lowest BCUT2D eigenvalue weighted by atomic mass is 10.0. The van der Waals surface area contributed by atoms with E-state index in [1.54, 1.807) is 0 Å². The molecule has 21 heavy (non-hydrogen) atoms. The zero-order valence-corrected chi connectivity index (χ0v) is 13.6. The van der Waals surface area contributed by atoms with Crippen LogP contribution in [0.15, 0.2) is 0 Å². The van der Waals surface area contributed by atoms with Crippen LogP contribution in [-0.4, -0.2) is 53.5 Å². The van der Waals surface area contributed by atoms with Crippen LogP contribution in [0.25, 0.3) is 0 Å². The van der Waals surface area contributed by atoms with E-state index in [-0.39, 0.29) is 18.3 Å². The summed E-state index contributed by atoms with van der Waals surface area (Å²) in [6.45, 7) is 9.56. The number of aryl methyl sites for hydroxylation is 1. The maximum absolute atomic E-state index is 9.46. The van der Waals surface area contributed by atoms with Crippen molar-refractivity contribution < 1.29 is 9.84 Å². The molecule has 2 N–H and O–H groups in total. The van der Waals surface area contributed by atoms with Crippen molar-refractivity contribution in [2.45, 2.75) is 45.8 Å². The van der Waals surface area contributed by atoms with Gasteiger partial charge in [-0.2, -0.15) is 0 Å². The van der Waals surface area contributed by atoms with Crippen molar-refractivity contribution >= 4 is 11.6 Å². The van der Waals surface area contributed by atoms with Gasteiger partial charge >= 0.3 is 0 Å². The zero-order chi connectivity index (χ0) is 15.6. The Balaban J connectivity index is 2.40. The van der Waals surface area contributed by atoms with Crippen LogP contribution >= 0.6 is 0 Å². The van der Waals surface area contributed by atoms with E-state index >= 15 is 0 Å². The number of hydrogen-bond acceptors (Lipinski definition) is 6. The van der Waals surface area contributed by atoms with Crippen LogP contribution in [0.3, 0.4) is 0 Å². The molecular formula is C15H26N4O2. The third-order valence-electron chi connectivity index (χ3n) is 3.70. The summed E-state index contributed by atoms with van der Waals surface area (Å²) in [5.41, 5.74) is 0.721. The highest BCUT2D eigenvalue weighted by atomic mass is 16.5. The lowest BCUT2D eigenvalue weighted by Gasteiger charge is -2.43. The SMILES string of the molecule is CCc1nc(NC)c(C)c(N2CC(CO)OC(C)(C)C2)n1. The zero-order valence-electron chi connectivity index (χ0n) is 13.6. The summed E-state index contributed by atoms with van der Waals surface area (Å²) in [6.07, 6.45) is 0.602. The molecule has 0 aromatic carbocycles. The minimum atomic E-state index is -0.310. The summed E-state index contributed by atoms with van der Waals surface area (Å²) in [6, 6.07) is 0. The van der Waals surface area contributed by atoms with Crippen LogP contribution in [0, 0.1) is 6.92 Å². The first-order valence-electron chi connectivity index (χ1n) is 7.49. The van der Waals surface area contributed by atoms with Gasteiger partial charge in [0.2, 0.25) is 0 Å². The second-order valence-electron chi connectivity index (χ2n) is 6.10. The second kappa shape index (κ2) is 6.15. The number of rotatable bonds is 4. The number of aliphatic hydroxyl groups is 1. The number of aromatic nitrogens is 2. The number of anilines is 2. The Labute approximate surface area is 126 Å². The molecule has 0 saturated carbocycles. The highest BCUT2D eigenvalue weighted by Crippen LogP contribution is 2.29. The molecule has 1 aromatic heterocycles. The minimum absolute atomic E-state index is 0.0174. The summed E-state index contributed by atoms with van der Waals surface area (Å²) >= 11 is 0. The molecule has 1 aliphatic heterocycles. The van der Waals surface area contributed by atoms with Gasteiger partial charge in [-0.1, -0.05) is 6.92 Å². The largest absolute Gasteiger partial charge is 0.394 e. The van der Waals surface area contributed by atoms with Crippen LogP contribution in [0.4, 0.5) is 11.6 Å². The highest BCUT2D eigenvalue weighted by Gasteiger charge is 2.34. The topological polar surface area (TPSA) is 70.5 Å². The lowest BCUT2D eigenvalue weighted by molar-refractivity contribution is -0.101. The molecule has 0 spiro atoms. The van der Waals surface area contributed by atoms with Crippen molar-refractivity contribution in [1.82, 2.24) is 9.97 Å². The Morgan fingerprint density at radius 1 is 1.43 bits per heavy atom. The molecule has 0 radical (unpaired) electrons. The summed E-state index contributed by atoms with van der Waals surface area (Å²) in [5.74, 6) is 2.62. The van der Waals surface area contributed by atoms with Gasteiger partial charge in [0, 0.05) is 32.1 Å². The molecular weight excluding hydrogens is 268 g/mol. The van der Waals surface area contributed by atoms with E-state index in [0.29, 0.717) is 6.54 Å². The summed E-state index contributed by atoms with van der Waals surface area (Å²) < 4.78 is 5.88. The third kappa shape index (κ3) is 3.44. The van der Waals surface area contributed by atoms with Gasteiger partial charge in [-0.25, -0.2) is 9.97 Å². The standard InChI is InChI=1S/C15H26N4O2/c1-6-12-17-13(16-5)10(2)14(18-12)19-7-11(8-20)21-15(3,4)9-19/h11,20H,6-9H2,1-5H3,(H,16,17,18). The van der Waals surface area contributed by atoms with Crippen LogP contribution in [0.2, 0.25) is 0 Å². The van der Waals surface area contributed by atoms with Gasteiger partial charge in [-0.15, -0.1) is 0 Å². The van der Waals surface area contributed by atoms with E-state index in [0.717, 1.165) is 36.0 Å². The monoisotopic (exact) mass is 294 g/mol. The fraction of sp³-hybridized carbons (Fsp3) is 0.733. The molecule has 2 rings (SSSR count). The molecule has 6 nitrogen and oxygen atoms in total. The van der Waals surface area contributed by atoms with Crippen molar-refractivity contribution in [2.24, 2.45) is 0 Å². The molecule has 1 saturated heterocycles. The molecule has 0 bridgehead atoms. The van der Waals surface area contributed by atoms with E-state index in [4.69, 9.17) is 9.72 Å². The van der Waals surface area contributed by atoms with Gasteiger partial charge in [0.15, 0.2) is 0 Å². The fourth-order valence-corrected chi connectivity index (χ4v) is 2.81. The van der Waals surface area contributed by atoms with Gasteiger partial charge in [0.25, 0.3) is 0 Å². The van der Waals surface area contributed by atoms with E-state index in [1.807, 2.05) is 34.7 Å². The Morgan fingerprint density at radius 2 is 2.14 bits per heavy atom. The van der Waals surface area contributed by atoms with Crippen molar-refractivity contribution in [1.29, 1.82) is 0 Å². The average molecular weight is 294 g/mol. The van der Waals surface area contributed by atoms with E-state index in [2.05, 4.69) is 15.2 Å². The summed E-state index contributed by atoms with van der Waals surface area (Å²) in [7, 11) is 1.87. The molecule has 118 valence electrons. The van der Waals surface area contributed by atoms with Crippen LogP contribution in [0.1, 0.15) is 32.2 Å². The molecule has 1 fully saturated rings. The van der Waals surface area contributed by atoms with Crippen molar-refractivity contribution in [2.75, 3.05) is 37.0 Å². The number of aliphatic hydroxyl groups excluding tert-OH is 1. The van der Waals surface area contributed by atoms with Crippen LogP contribution in [-0.2, 0) is 11.2 Å². The lowest BCUT2D eigenvalue weighted by Crippen LogP contribution is -2.54. The molecule has 2 heterocycles. The Morgan fingerprint density at radius 3 is 2.71 bits per heavy atom. The number of ether oxygens (including phenoxy) is 1. The van der Waals surface area contributed by atoms with E-state index in [9.17, 15) is 5.11 Å². The van der Waals surface area contributed by atoms with Gasteiger partial charge < -0.3 is 20.1 Å². The van der Waals surface area contributed by atoms with Gasteiger partial charge in [0.05, 0.1) is 18.3 Å². The van der Waals surface area contributed by atoms with Crippen molar-refractivity contribution in [3.8, 4) is 0 Å². The quantitative estimate of drug-likeness (QED) is 0.874. The number of nitrogens with zero attached hydrogens (tertiary/aromatic N) is 3. The first-order chi connectivity index (χ1) is 9.90. The number of nitrogens with one attached hydrogen (secondary N) is 1. The van der Waals surface area contributed by atoms with Gasteiger partial charge in [-0.3, -0.25) is 0 Å². The molecule has 0 aliphatic carbocycles. The number of hydrogen-bond donors (Lipinski definition) is 2. The summed E-state index contributed by atoms with van der Waals surface area (Å²) in [4.78, 5) is 11.4. The van der Waals surface area contributed by atoms with Gasteiger partial charge in [-0.05, 0) is 20.8 Å². The minimum Gasteiger partial charge on any atom is -0.394 e. The summed E-state index contributed by atoms with van der Waals surface area (Å²) in [5, 5.41) is 12.6. The molecule has 1 unspecified atom stereocenters. The maximum Gasteiger partial charge on any atom is 0.137 e. The molecule has 1 atom stereocenters. The first-order valence-corrected chi connectivity index (χ1v) is 7.49. The molecule has 6 heteroatoms. The third-order valence-corrected chi connectivity index (χ3v) is 3.70.